The molecular weight excluding hydrogens is 554 g/mol. The molecule has 0 N–H and O–H groups in total. The molecule has 4 aromatic carbocycles. The molecule has 6 aromatic rings. The van der Waals surface area contributed by atoms with Crippen LogP contribution in [0.3, 0.4) is 0 Å². The van der Waals surface area contributed by atoms with Crippen molar-refractivity contribution in [3.8, 4) is 53.8 Å². The van der Waals surface area contributed by atoms with Crippen molar-refractivity contribution < 1.29 is 29.7 Å². The van der Waals surface area contributed by atoms with E-state index in [1.54, 1.807) is 36.4 Å². The number of para-hydroxylation sites is 2. The predicted molar refractivity (Wildman–Crippen MR) is 140 cm³/mol. The largest absolute Gasteiger partial charge is 2.00 e. The molecule has 0 aliphatic carbocycles. The first kappa shape index (κ1) is 26.3. The molecule has 0 aliphatic rings. The number of aromatic nitrogens is 4. The fourth-order valence-corrected chi connectivity index (χ4v) is 5.10. The third-order valence-electron chi connectivity index (χ3n) is 5.13. The molecule has 37 heavy (non-hydrogen) atoms. The molecular formula is C28H18N4O2S2Zn. The third-order valence-corrected chi connectivity index (χ3v) is 7.14. The zero-order valence-electron chi connectivity index (χ0n) is 19.5. The Hall–Kier alpha value is -3.78. The van der Waals surface area contributed by atoms with E-state index in [9.17, 15) is 10.2 Å². The van der Waals surface area contributed by atoms with Gasteiger partial charge in [0.1, 0.15) is 20.0 Å². The SMILES string of the molecule is [O-]c1ccccc1-c1nnc(-c2ccccc2)s1.[O-]c1ccccc1-c1nnc(-c2ccccc2)s1.[Zn+2]. The van der Waals surface area contributed by atoms with Crippen LogP contribution in [0, 0.1) is 0 Å². The van der Waals surface area contributed by atoms with Crippen molar-refractivity contribution >= 4 is 22.7 Å². The van der Waals surface area contributed by atoms with Gasteiger partial charge in [-0.15, -0.1) is 20.4 Å². The summed E-state index contributed by atoms with van der Waals surface area (Å²) in [6.45, 7) is 0. The quantitative estimate of drug-likeness (QED) is 0.245. The smallest absolute Gasteiger partial charge is 0.872 e. The molecule has 0 atom stereocenters. The number of hydrogen-bond acceptors (Lipinski definition) is 8. The molecule has 9 heteroatoms. The summed E-state index contributed by atoms with van der Waals surface area (Å²) in [5.74, 6) is -0.0403. The standard InChI is InChI=1S/2C14H10N2OS.Zn/c2*17-12-9-5-4-8-11(12)14-16-15-13(18-14)10-6-2-1-3-7-10;/h2*1-9,17H;/q;;+2/p-2. The van der Waals surface area contributed by atoms with E-state index < -0.39 is 0 Å². The van der Waals surface area contributed by atoms with Crippen molar-refractivity contribution in [2.24, 2.45) is 0 Å². The van der Waals surface area contributed by atoms with Gasteiger partial charge in [-0.2, -0.15) is 0 Å². The van der Waals surface area contributed by atoms with E-state index in [0.717, 1.165) is 21.1 Å². The van der Waals surface area contributed by atoms with E-state index in [1.807, 2.05) is 72.8 Å². The molecule has 0 unspecified atom stereocenters. The van der Waals surface area contributed by atoms with Gasteiger partial charge in [0.05, 0.1) is 0 Å². The Bertz CT molecular complexity index is 1450. The van der Waals surface area contributed by atoms with E-state index in [4.69, 9.17) is 0 Å². The van der Waals surface area contributed by atoms with E-state index in [0.29, 0.717) is 21.1 Å². The second-order valence-corrected chi connectivity index (χ2v) is 9.50. The van der Waals surface area contributed by atoms with Gasteiger partial charge in [-0.3, -0.25) is 0 Å². The molecule has 0 fully saturated rings. The van der Waals surface area contributed by atoms with Crippen molar-refractivity contribution in [3.63, 3.8) is 0 Å². The van der Waals surface area contributed by atoms with Crippen LogP contribution in [-0.2, 0) is 19.5 Å². The van der Waals surface area contributed by atoms with E-state index in [2.05, 4.69) is 20.4 Å². The van der Waals surface area contributed by atoms with Crippen molar-refractivity contribution in [1.82, 2.24) is 20.4 Å². The molecule has 0 radical (unpaired) electrons. The molecule has 0 saturated heterocycles. The van der Waals surface area contributed by atoms with Crippen LogP contribution in [0.5, 0.6) is 11.5 Å². The molecule has 2 aromatic heterocycles. The zero-order chi connectivity index (χ0) is 24.7. The Morgan fingerprint density at radius 1 is 0.405 bits per heavy atom. The average molecular weight is 572 g/mol. The Balaban J connectivity index is 0.000000168. The molecule has 0 saturated carbocycles. The van der Waals surface area contributed by atoms with Crippen molar-refractivity contribution in [1.29, 1.82) is 0 Å². The fourth-order valence-electron chi connectivity index (χ4n) is 3.35. The molecule has 0 spiro atoms. The Kier molecular flexibility index (Phi) is 8.85. The van der Waals surface area contributed by atoms with E-state index in [-0.39, 0.29) is 31.0 Å². The molecule has 0 amide bonds. The molecule has 6 nitrogen and oxygen atoms in total. The summed E-state index contributed by atoms with van der Waals surface area (Å²) in [4.78, 5) is 0. The summed E-state index contributed by atoms with van der Waals surface area (Å²) in [6, 6.07) is 33.4. The maximum absolute atomic E-state index is 11.7. The van der Waals surface area contributed by atoms with Gasteiger partial charge in [0.15, 0.2) is 0 Å². The molecule has 0 aliphatic heterocycles. The number of rotatable bonds is 4. The first-order chi connectivity index (χ1) is 17.7. The van der Waals surface area contributed by atoms with E-state index >= 15 is 0 Å². The fraction of sp³-hybridized carbons (Fsp3) is 0. The predicted octanol–water partition coefficient (Wildman–Crippen LogP) is 5.89. The maximum Gasteiger partial charge on any atom is 2.00 e. The van der Waals surface area contributed by atoms with Gasteiger partial charge < -0.3 is 10.2 Å². The normalized spacial score (nSPS) is 10.2. The minimum absolute atomic E-state index is 0. The van der Waals surface area contributed by atoms with Crippen molar-refractivity contribution in [2.75, 3.05) is 0 Å². The summed E-state index contributed by atoms with van der Waals surface area (Å²) in [6.07, 6.45) is 0. The molecule has 176 valence electrons. The topological polar surface area (TPSA) is 97.7 Å². The summed E-state index contributed by atoms with van der Waals surface area (Å²) in [7, 11) is 0. The summed E-state index contributed by atoms with van der Waals surface area (Å²) < 4.78 is 0. The van der Waals surface area contributed by atoms with Crippen LogP contribution in [0.15, 0.2) is 109 Å². The Morgan fingerprint density at radius 3 is 1.11 bits per heavy atom. The van der Waals surface area contributed by atoms with Gasteiger partial charge >= 0.3 is 19.5 Å². The minimum atomic E-state index is -0.0201. The summed E-state index contributed by atoms with van der Waals surface area (Å²) in [5.41, 5.74) is 3.25. The Morgan fingerprint density at radius 2 is 0.730 bits per heavy atom. The van der Waals surface area contributed by atoms with Gasteiger partial charge in [0, 0.05) is 22.3 Å². The monoisotopic (exact) mass is 570 g/mol. The van der Waals surface area contributed by atoms with Gasteiger partial charge in [0.2, 0.25) is 0 Å². The molecule has 2 heterocycles. The average Bonchev–Trinajstić information content (AvgIpc) is 3.62. The number of hydrogen-bond donors (Lipinski definition) is 0. The minimum Gasteiger partial charge on any atom is -0.872 e. The van der Waals surface area contributed by atoms with Crippen LogP contribution in [-0.4, -0.2) is 20.4 Å². The first-order valence-corrected chi connectivity index (χ1v) is 12.6. The molecule has 6 rings (SSSR count). The summed E-state index contributed by atoms with van der Waals surface area (Å²) in [5, 5.41) is 42.8. The van der Waals surface area contributed by atoms with E-state index in [1.165, 1.54) is 22.7 Å². The van der Waals surface area contributed by atoms with Gasteiger partial charge in [-0.1, -0.05) is 143 Å². The van der Waals surface area contributed by atoms with Gasteiger partial charge in [-0.25, -0.2) is 0 Å². The molecule has 0 bridgehead atoms. The number of benzene rings is 4. The third kappa shape index (κ3) is 6.32. The van der Waals surface area contributed by atoms with Crippen LogP contribution < -0.4 is 10.2 Å². The van der Waals surface area contributed by atoms with Crippen LogP contribution >= 0.6 is 22.7 Å². The van der Waals surface area contributed by atoms with Crippen LogP contribution in [0.25, 0.3) is 42.3 Å². The zero-order valence-corrected chi connectivity index (χ0v) is 24.1. The van der Waals surface area contributed by atoms with Gasteiger partial charge in [-0.05, 0) is 0 Å². The Labute approximate surface area is 234 Å². The van der Waals surface area contributed by atoms with Crippen molar-refractivity contribution in [3.05, 3.63) is 109 Å². The number of nitrogens with zero attached hydrogens (tertiary/aromatic N) is 4. The van der Waals surface area contributed by atoms with Gasteiger partial charge in [0.25, 0.3) is 0 Å². The second kappa shape index (κ2) is 12.5. The van der Waals surface area contributed by atoms with Crippen molar-refractivity contribution in [2.45, 2.75) is 0 Å². The van der Waals surface area contributed by atoms with Crippen LogP contribution in [0.4, 0.5) is 0 Å². The summed E-state index contributed by atoms with van der Waals surface area (Å²) >= 11 is 2.86. The maximum atomic E-state index is 11.7. The van der Waals surface area contributed by atoms with Crippen LogP contribution in [0.2, 0.25) is 0 Å². The van der Waals surface area contributed by atoms with Crippen LogP contribution in [0.1, 0.15) is 0 Å². The second-order valence-electron chi connectivity index (χ2n) is 7.55. The first-order valence-electron chi connectivity index (χ1n) is 11.0.